The molecule has 0 radical (unpaired) electrons. The van der Waals surface area contributed by atoms with Gasteiger partial charge < -0.3 is 19.5 Å². The van der Waals surface area contributed by atoms with Crippen molar-refractivity contribution in [3.63, 3.8) is 0 Å². The molecule has 1 aliphatic heterocycles. The first-order chi connectivity index (χ1) is 18.8. The van der Waals surface area contributed by atoms with E-state index < -0.39 is 35.2 Å². The van der Waals surface area contributed by atoms with E-state index in [1.807, 2.05) is 26.8 Å². The van der Waals surface area contributed by atoms with Crippen molar-refractivity contribution in [3.8, 4) is 11.5 Å². The number of Topliss-reactive ketones (excluding diaryl/α,β-unsaturated/α-hetero) is 1. The van der Waals surface area contributed by atoms with Crippen molar-refractivity contribution in [1.82, 2.24) is 4.90 Å². The first-order valence-corrected chi connectivity index (χ1v) is 12.5. The summed E-state index contributed by atoms with van der Waals surface area (Å²) in [7, 11) is 2.92. The Bertz CT molecular complexity index is 1470. The fourth-order valence-corrected chi connectivity index (χ4v) is 4.72. The van der Waals surface area contributed by atoms with Crippen LogP contribution in [0.15, 0.2) is 72.3 Å². The van der Waals surface area contributed by atoms with Crippen molar-refractivity contribution in [2.75, 3.05) is 14.2 Å². The maximum absolute atomic E-state index is 13.5. The number of carbonyl (C=O) groups excluding carboxylic acids is 2. The Labute approximate surface area is 230 Å². The topological polar surface area (TPSA) is 76.1 Å². The quantitative estimate of drug-likeness (QED) is 0.210. The third kappa shape index (κ3) is 5.54. The lowest BCUT2D eigenvalue weighted by Crippen LogP contribution is -2.29. The standard InChI is InChI=1S/C31H30F3NO5/c1-30(2,3)20-11-14-24(40-5)23(16-20)27(36)25-26(19-9-12-22(39-4)13-10-19)35(29(38)28(25)37)17-18-7-6-8-21(15-18)31(32,33)34/h6-16,26,36H,17H2,1-5H3/b27-25+. The van der Waals surface area contributed by atoms with E-state index >= 15 is 0 Å². The number of rotatable bonds is 6. The molecule has 3 aromatic rings. The average Bonchev–Trinajstić information content (AvgIpc) is 3.16. The van der Waals surface area contributed by atoms with Gasteiger partial charge in [0.05, 0.1) is 37.0 Å². The predicted molar refractivity (Wildman–Crippen MR) is 144 cm³/mol. The van der Waals surface area contributed by atoms with E-state index in [1.165, 1.54) is 31.3 Å². The number of amides is 1. The third-order valence-corrected chi connectivity index (χ3v) is 6.90. The van der Waals surface area contributed by atoms with Gasteiger partial charge in [0.25, 0.3) is 11.7 Å². The number of nitrogens with zero attached hydrogens (tertiary/aromatic N) is 1. The Kier molecular flexibility index (Phi) is 7.70. The fraction of sp³-hybridized carbons (Fsp3) is 0.290. The van der Waals surface area contributed by atoms with Crippen molar-refractivity contribution in [1.29, 1.82) is 0 Å². The Morgan fingerprint density at radius 2 is 1.57 bits per heavy atom. The van der Waals surface area contributed by atoms with E-state index in [-0.39, 0.29) is 28.7 Å². The molecule has 9 heteroatoms. The lowest BCUT2D eigenvalue weighted by molar-refractivity contribution is -0.140. The van der Waals surface area contributed by atoms with Gasteiger partial charge in [-0.05, 0) is 58.5 Å². The van der Waals surface area contributed by atoms with Crippen LogP contribution in [0.2, 0.25) is 0 Å². The molecule has 1 amide bonds. The van der Waals surface area contributed by atoms with Crippen LogP contribution in [0.4, 0.5) is 13.2 Å². The molecule has 0 aromatic heterocycles. The molecule has 0 spiro atoms. The smallest absolute Gasteiger partial charge is 0.416 e. The van der Waals surface area contributed by atoms with Gasteiger partial charge >= 0.3 is 6.18 Å². The third-order valence-electron chi connectivity index (χ3n) is 6.90. The molecule has 1 heterocycles. The van der Waals surface area contributed by atoms with Gasteiger partial charge in [0.1, 0.15) is 17.3 Å². The van der Waals surface area contributed by atoms with Crippen LogP contribution in [-0.4, -0.2) is 35.9 Å². The summed E-state index contributed by atoms with van der Waals surface area (Å²) in [5.74, 6) is -1.51. The summed E-state index contributed by atoms with van der Waals surface area (Å²) < 4.78 is 50.8. The minimum atomic E-state index is -4.58. The second-order valence-electron chi connectivity index (χ2n) is 10.6. The van der Waals surface area contributed by atoms with Gasteiger partial charge in [-0.15, -0.1) is 0 Å². The van der Waals surface area contributed by atoms with Crippen molar-refractivity contribution in [3.05, 3.63) is 100 Å². The van der Waals surface area contributed by atoms with E-state index in [0.717, 1.165) is 17.7 Å². The SMILES string of the molecule is COc1ccc(C2/C(=C(\O)c3cc(C(C)(C)C)ccc3OC)C(=O)C(=O)N2Cc2cccc(C(F)(F)F)c2)cc1. The average molecular weight is 554 g/mol. The van der Waals surface area contributed by atoms with Crippen molar-refractivity contribution < 1.29 is 37.3 Å². The molecule has 1 N–H and O–H groups in total. The van der Waals surface area contributed by atoms with Crippen LogP contribution in [0.5, 0.6) is 11.5 Å². The summed E-state index contributed by atoms with van der Waals surface area (Å²) in [6.45, 7) is 5.68. The Balaban J connectivity index is 1.91. The zero-order valence-electron chi connectivity index (χ0n) is 22.8. The van der Waals surface area contributed by atoms with Gasteiger partial charge in [-0.1, -0.05) is 51.1 Å². The van der Waals surface area contributed by atoms with Crippen LogP contribution >= 0.6 is 0 Å². The number of aliphatic hydroxyl groups excluding tert-OH is 1. The van der Waals surface area contributed by atoms with E-state index in [9.17, 15) is 27.9 Å². The highest BCUT2D eigenvalue weighted by molar-refractivity contribution is 6.46. The highest BCUT2D eigenvalue weighted by atomic mass is 19.4. The van der Waals surface area contributed by atoms with Gasteiger partial charge in [-0.3, -0.25) is 9.59 Å². The minimum absolute atomic E-state index is 0.183. The molecule has 40 heavy (non-hydrogen) atoms. The maximum Gasteiger partial charge on any atom is 0.416 e. The highest BCUT2D eigenvalue weighted by Crippen LogP contribution is 2.43. The number of carbonyl (C=O) groups is 2. The lowest BCUT2D eigenvalue weighted by Gasteiger charge is -2.26. The summed E-state index contributed by atoms with van der Waals surface area (Å²) in [4.78, 5) is 28.0. The molecule has 1 fully saturated rings. The molecule has 210 valence electrons. The Morgan fingerprint density at radius 3 is 2.15 bits per heavy atom. The molecular formula is C31H30F3NO5. The molecule has 1 atom stereocenters. The molecular weight excluding hydrogens is 523 g/mol. The number of alkyl halides is 3. The number of benzene rings is 3. The van der Waals surface area contributed by atoms with Crippen LogP contribution in [0.3, 0.4) is 0 Å². The number of hydrogen-bond donors (Lipinski definition) is 1. The second-order valence-corrected chi connectivity index (χ2v) is 10.6. The van der Waals surface area contributed by atoms with E-state index in [2.05, 4.69) is 0 Å². The number of ketones is 1. The monoisotopic (exact) mass is 553 g/mol. The van der Waals surface area contributed by atoms with Gasteiger partial charge in [0.2, 0.25) is 0 Å². The summed E-state index contributed by atoms with van der Waals surface area (Å²) in [6, 6.07) is 15.3. The molecule has 1 unspecified atom stereocenters. The Hall–Kier alpha value is -4.27. The Morgan fingerprint density at radius 1 is 0.900 bits per heavy atom. The van der Waals surface area contributed by atoms with Gasteiger partial charge in [0.15, 0.2) is 0 Å². The summed E-state index contributed by atoms with van der Waals surface area (Å²) in [6.07, 6.45) is -4.58. The number of hydrogen-bond acceptors (Lipinski definition) is 5. The predicted octanol–water partition coefficient (Wildman–Crippen LogP) is 6.64. The number of aliphatic hydroxyl groups is 1. The van der Waals surface area contributed by atoms with Gasteiger partial charge in [-0.25, -0.2) is 0 Å². The molecule has 4 rings (SSSR count). The minimum Gasteiger partial charge on any atom is -0.507 e. The fourth-order valence-electron chi connectivity index (χ4n) is 4.72. The van der Waals surface area contributed by atoms with E-state index in [4.69, 9.17) is 9.47 Å². The lowest BCUT2D eigenvalue weighted by atomic mass is 9.85. The molecule has 0 aliphatic carbocycles. The zero-order chi connectivity index (χ0) is 29.4. The van der Waals surface area contributed by atoms with E-state index in [1.54, 1.807) is 36.4 Å². The van der Waals surface area contributed by atoms with Crippen LogP contribution in [0.25, 0.3) is 5.76 Å². The van der Waals surface area contributed by atoms with Crippen LogP contribution in [-0.2, 0) is 27.7 Å². The van der Waals surface area contributed by atoms with Gasteiger partial charge in [-0.2, -0.15) is 13.2 Å². The summed E-state index contributed by atoms with van der Waals surface area (Å²) >= 11 is 0. The number of ether oxygens (including phenoxy) is 2. The van der Waals surface area contributed by atoms with Crippen molar-refractivity contribution >= 4 is 17.4 Å². The van der Waals surface area contributed by atoms with Crippen LogP contribution < -0.4 is 9.47 Å². The normalized spacial score (nSPS) is 17.3. The first-order valence-electron chi connectivity index (χ1n) is 12.5. The molecule has 6 nitrogen and oxygen atoms in total. The summed E-state index contributed by atoms with van der Waals surface area (Å²) in [5.41, 5.74) is 0.381. The number of likely N-dealkylation sites (tertiary alicyclic amines) is 1. The van der Waals surface area contributed by atoms with Crippen LogP contribution in [0.1, 0.15) is 54.6 Å². The maximum atomic E-state index is 13.5. The second kappa shape index (κ2) is 10.7. The first kappa shape index (κ1) is 28.7. The number of methoxy groups -OCH3 is 2. The van der Waals surface area contributed by atoms with Crippen LogP contribution in [0, 0.1) is 0 Å². The molecule has 1 aliphatic rings. The molecule has 0 saturated carbocycles. The molecule has 1 saturated heterocycles. The number of halogens is 3. The molecule has 0 bridgehead atoms. The van der Waals surface area contributed by atoms with Gasteiger partial charge in [0, 0.05) is 6.54 Å². The van der Waals surface area contributed by atoms with E-state index in [0.29, 0.717) is 17.1 Å². The highest BCUT2D eigenvalue weighted by Gasteiger charge is 2.46. The largest absolute Gasteiger partial charge is 0.507 e. The summed E-state index contributed by atoms with van der Waals surface area (Å²) in [5, 5.41) is 11.6. The van der Waals surface area contributed by atoms with Crippen molar-refractivity contribution in [2.45, 2.75) is 44.9 Å². The molecule has 3 aromatic carbocycles. The van der Waals surface area contributed by atoms with Crippen molar-refractivity contribution in [2.24, 2.45) is 0 Å². The zero-order valence-corrected chi connectivity index (χ0v) is 22.8.